The third-order valence-corrected chi connectivity index (χ3v) is 11.0. The van der Waals surface area contributed by atoms with Crippen molar-refractivity contribution in [3.05, 3.63) is 192 Å². The number of imidazole rings is 1. The number of aromatic nitrogens is 3. The fourth-order valence-electron chi connectivity index (χ4n) is 8.19. The summed E-state index contributed by atoms with van der Waals surface area (Å²) in [7, 11) is 0. The number of phenols is 1. The number of benzene rings is 7. The minimum absolute atomic E-state index is 0. The van der Waals surface area contributed by atoms with Crippen LogP contribution in [-0.4, -0.2) is 19.6 Å². The molecule has 0 unspecified atom stereocenters. The first kappa shape index (κ1) is 36.7. The van der Waals surface area contributed by atoms with Crippen LogP contribution in [0.3, 0.4) is 0 Å². The van der Waals surface area contributed by atoms with Gasteiger partial charge in [-0.2, -0.15) is 0 Å². The number of hydrogen-bond donors (Lipinski definition) is 1. The van der Waals surface area contributed by atoms with E-state index < -0.39 is 6.85 Å². The van der Waals surface area contributed by atoms with Gasteiger partial charge in [-0.3, -0.25) is 9.55 Å². The van der Waals surface area contributed by atoms with Crippen LogP contribution in [0.4, 0.5) is 0 Å². The number of para-hydroxylation sites is 1. The molecule has 4 nitrogen and oxygen atoms in total. The van der Waals surface area contributed by atoms with E-state index in [9.17, 15) is 5.11 Å². The van der Waals surface area contributed by atoms with Gasteiger partial charge in [-0.1, -0.05) is 151 Å². The van der Waals surface area contributed by atoms with Crippen molar-refractivity contribution >= 4 is 11.0 Å². The van der Waals surface area contributed by atoms with Gasteiger partial charge in [-0.25, -0.2) is 4.98 Å². The molecule has 1 N–H and O–H groups in total. The molecule has 0 amide bonds. The van der Waals surface area contributed by atoms with E-state index in [0.717, 1.165) is 78.9 Å². The summed E-state index contributed by atoms with van der Waals surface area (Å²) in [5.41, 5.74) is 16.2. The van der Waals surface area contributed by atoms with Crippen LogP contribution in [0.15, 0.2) is 164 Å². The molecular formula is C55H46N3OPt-. The summed E-state index contributed by atoms with van der Waals surface area (Å²) in [6.07, 6.45) is 2.68. The number of rotatable bonds is 9. The van der Waals surface area contributed by atoms with Gasteiger partial charge in [0, 0.05) is 42.8 Å². The molecule has 0 aliphatic carbocycles. The summed E-state index contributed by atoms with van der Waals surface area (Å²) in [5, 5.41) is 11.7. The van der Waals surface area contributed by atoms with Crippen LogP contribution in [0, 0.1) is 32.7 Å². The Morgan fingerprint density at radius 1 is 0.633 bits per heavy atom. The van der Waals surface area contributed by atoms with Gasteiger partial charge in [-0.05, 0) is 108 Å². The molecule has 9 rings (SSSR count). The van der Waals surface area contributed by atoms with E-state index in [1.54, 1.807) is 18.3 Å². The number of pyridine rings is 1. The van der Waals surface area contributed by atoms with Gasteiger partial charge in [0.1, 0.15) is 11.6 Å². The molecule has 0 radical (unpaired) electrons. The van der Waals surface area contributed by atoms with Gasteiger partial charge in [0.25, 0.3) is 0 Å². The number of phenolic OH excluding ortho intramolecular Hbond substituents is 1. The van der Waals surface area contributed by atoms with Gasteiger partial charge >= 0.3 is 0 Å². The van der Waals surface area contributed by atoms with Gasteiger partial charge < -0.3 is 5.11 Å². The molecule has 0 atom stereocenters. The Labute approximate surface area is 371 Å². The molecule has 7 aromatic carbocycles. The van der Waals surface area contributed by atoms with E-state index in [0.29, 0.717) is 22.9 Å². The molecule has 2 aromatic heterocycles. The minimum atomic E-state index is -2.17. The quantitative estimate of drug-likeness (QED) is 0.147. The largest absolute Gasteiger partial charge is 0.507 e. The van der Waals surface area contributed by atoms with Crippen LogP contribution in [-0.2, 0) is 27.5 Å². The second-order valence-electron chi connectivity index (χ2n) is 15.8. The van der Waals surface area contributed by atoms with E-state index >= 15 is 0 Å². The fraction of sp³-hybridized carbons (Fsp3) is 0.127. The van der Waals surface area contributed by atoms with Gasteiger partial charge in [0.2, 0.25) is 0 Å². The molecule has 9 aromatic rings. The van der Waals surface area contributed by atoms with Crippen molar-refractivity contribution in [2.24, 2.45) is 5.92 Å². The molecular weight excluding hydrogens is 914 g/mol. The summed E-state index contributed by atoms with van der Waals surface area (Å²) in [4.78, 5) is 10.3. The Morgan fingerprint density at radius 3 is 2.08 bits per heavy atom. The van der Waals surface area contributed by atoms with E-state index in [1.807, 2.05) is 74.5 Å². The molecule has 5 heteroatoms. The summed E-state index contributed by atoms with van der Waals surface area (Å²) in [5.74, 6) is 1.29. The van der Waals surface area contributed by atoms with Crippen molar-refractivity contribution in [3.63, 3.8) is 0 Å². The molecule has 0 saturated carbocycles. The molecule has 0 spiro atoms. The summed E-state index contributed by atoms with van der Waals surface area (Å²) < 4.78 is 25.7. The fourth-order valence-corrected chi connectivity index (χ4v) is 8.19. The second kappa shape index (κ2) is 17.1. The third-order valence-electron chi connectivity index (χ3n) is 11.0. The Balaban J connectivity index is 0.00000544. The zero-order chi connectivity index (χ0) is 43.1. The van der Waals surface area contributed by atoms with Crippen LogP contribution in [0.25, 0.3) is 83.9 Å². The predicted octanol–water partition coefficient (Wildman–Crippen LogP) is 14.0. The summed E-state index contributed by atoms with van der Waals surface area (Å²) in [6.45, 7) is 6.30. The molecule has 0 fully saturated rings. The molecule has 60 heavy (non-hydrogen) atoms. The molecule has 2 heterocycles. The molecule has 0 saturated heterocycles. The minimum Gasteiger partial charge on any atom is -0.507 e. The third kappa shape index (κ3) is 8.01. The zero-order valence-corrected chi connectivity index (χ0v) is 36.3. The number of fused-ring (bicyclic) bond motifs is 1. The first-order valence-electron chi connectivity index (χ1n) is 21.6. The maximum Gasteiger partial charge on any atom is 0.148 e. The van der Waals surface area contributed by atoms with Crippen LogP contribution < -0.4 is 0 Å². The second-order valence-corrected chi connectivity index (χ2v) is 15.8. The van der Waals surface area contributed by atoms with Crippen molar-refractivity contribution in [1.82, 2.24) is 14.5 Å². The van der Waals surface area contributed by atoms with Crippen LogP contribution >= 0.6 is 0 Å². The molecule has 298 valence electrons. The first-order valence-corrected chi connectivity index (χ1v) is 20.1. The summed E-state index contributed by atoms with van der Waals surface area (Å²) >= 11 is 0. The Hall–Kier alpha value is -6.35. The average Bonchev–Trinajstić information content (AvgIpc) is 3.67. The molecule has 0 aliphatic heterocycles. The SMILES string of the molecule is [2H]C([2H])([2H])c1ccc(-c2ccnc(-c3[c-]c(-c4cccc5c4nc(-c4cc(C)cc(C)c4O)n5-c4ccc(-c5ccccc5)c(CC(C)C)c4)cc(-c4ccccc4)c3)c2)cc1.[Pt]. The maximum atomic E-state index is 11.7. The van der Waals surface area contributed by atoms with Crippen LogP contribution in [0.2, 0.25) is 0 Å². The average molecular weight is 963 g/mol. The van der Waals surface area contributed by atoms with Crippen molar-refractivity contribution in [3.8, 4) is 78.6 Å². The number of aromatic hydroxyl groups is 1. The van der Waals surface area contributed by atoms with E-state index in [2.05, 4.69) is 109 Å². The van der Waals surface area contributed by atoms with Gasteiger partial charge in [-0.15, -0.1) is 23.8 Å². The van der Waals surface area contributed by atoms with Crippen molar-refractivity contribution < 1.29 is 30.3 Å². The van der Waals surface area contributed by atoms with E-state index in [1.165, 1.54) is 16.7 Å². The molecule has 0 bridgehead atoms. The first-order chi connectivity index (χ1) is 29.9. The standard InChI is InChI=1S/C55H46N3O.Pt/c1-35(2)27-44-33-47(23-24-48(44)41-15-10-7-11-16-41)58-52-18-12-17-49(53(52)57-55(58)50-29-37(4)28-38(5)54(50)59)45-30-43(39-13-8-6-9-14-39)31-46(32-45)51-34-42(25-26-56-51)40-21-19-36(3)20-22-40;/h6-26,28-31,33-35,59H,27H2,1-5H3;/q-1;/i3D3;. The Morgan fingerprint density at radius 2 is 1.35 bits per heavy atom. The zero-order valence-electron chi connectivity index (χ0n) is 37.0. The number of nitrogens with zero attached hydrogens (tertiary/aromatic N) is 3. The van der Waals surface area contributed by atoms with E-state index in [-0.39, 0.29) is 26.8 Å². The van der Waals surface area contributed by atoms with Crippen LogP contribution in [0.5, 0.6) is 5.75 Å². The monoisotopic (exact) mass is 962 g/mol. The Kier molecular flexibility index (Phi) is 10.5. The number of hydrogen-bond acceptors (Lipinski definition) is 3. The molecule has 0 aliphatic rings. The van der Waals surface area contributed by atoms with Gasteiger partial charge in [0.05, 0.1) is 16.6 Å². The maximum absolute atomic E-state index is 11.7. The van der Waals surface area contributed by atoms with Crippen molar-refractivity contribution in [2.45, 2.75) is 41.0 Å². The van der Waals surface area contributed by atoms with E-state index in [4.69, 9.17) is 14.1 Å². The number of aryl methyl sites for hydroxylation is 3. The van der Waals surface area contributed by atoms with Crippen molar-refractivity contribution in [2.75, 3.05) is 0 Å². The van der Waals surface area contributed by atoms with Crippen molar-refractivity contribution in [1.29, 1.82) is 0 Å². The summed E-state index contributed by atoms with van der Waals surface area (Å²) in [6, 6.07) is 56.8. The predicted molar refractivity (Wildman–Crippen MR) is 245 cm³/mol. The normalized spacial score (nSPS) is 12.2. The topological polar surface area (TPSA) is 50.9 Å². The van der Waals surface area contributed by atoms with Gasteiger partial charge in [0.15, 0.2) is 0 Å². The van der Waals surface area contributed by atoms with Crippen LogP contribution in [0.1, 0.15) is 40.2 Å². The Bertz CT molecular complexity index is 3090. The smallest absolute Gasteiger partial charge is 0.148 e.